The van der Waals surface area contributed by atoms with Crippen LogP contribution in [0.4, 0.5) is 0 Å². The average Bonchev–Trinajstić information content (AvgIpc) is 2.61. The summed E-state index contributed by atoms with van der Waals surface area (Å²) in [5.74, 6) is -0.695. The molecule has 25 heavy (non-hydrogen) atoms. The van der Waals surface area contributed by atoms with Crippen molar-refractivity contribution in [3.63, 3.8) is 0 Å². The quantitative estimate of drug-likeness (QED) is 0.461. The van der Waals surface area contributed by atoms with Crippen LogP contribution in [0.5, 0.6) is 0 Å². The molecule has 0 bridgehead atoms. The van der Waals surface area contributed by atoms with Gasteiger partial charge < -0.3 is 5.11 Å². The highest BCUT2D eigenvalue weighted by molar-refractivity contribution is 6.04. The zero-order valence-corrected chi connectivity index (χ0v) is 14.7. The van der Waals surface area contributed by atoms with E-state index in [0.717, 1.165) is 54.9 Å². The fraction of sp³-hybridized carbons (Fsp3) is 0.381. The van der Waals surface area contributed by atoms with Crippen LogP contribution < -0.4 is 0 Å². The maximum absolute atomic E-state index is 10.5. The van der Waals surface area contributed by atoms with Gasteiger partial charge in [-0.1, -0.05) is 31.4 Å². The Bertz CT molecular complexity index is 890. The van der Waals surface area contributed by atoms with E-state index in [9.17, 15) is 4.79 Å². The van der Waals surface area contributed by atoms with Crippen molar-refractivity contribution >= 4 is 27.8 Å². The largest absolute Gasteiger partial charge is 0.481 e. The number of aryl methyl sites for hydroxylation is 2. The van der Waals surface area contributed by atoms with Gasteiger partial charge in [0.2, 0.25) is 0 Å². The van der Waals surface area contributed by atoms with E-state index in [-0.39, 0.29) is 6.42 Å². The summed E-state index contributed by atoms with van der Waals surface area (Å²) >= 11 is 0. The molecular weight excluding hydrogens is 312 g/mol. The summed E-state index contributed by atoms with van der Waals surface area (Å²) in [6.45, 7) is 2.10. The normalized spacial score (nSPS) is 11.2. The topological polar surface area (TPSA) is 63.1 Å². The van der Waals surface area contributed by atoms with Crippen molar-refractivity contribution in [1.82, 2.24) is 9.97 Å². The molecule has 0 aliphatic heterocycles. The second kappa shape index (κ2) is 8.06. The Morgan fingerprint density at radius 2 is 1.52 bits per heavy atom. The van der Waals surface area contributed by atoms with E-state index in [0.29, 0.717) is 0 Å². The first-order valence-corrected chi connectivity index (χ1v) is 9.00. The number of pyridine rings is 2. The molecular formula is C21H24N2O2. The third-order valence-corrected chi connectivity index (χ3v) is 4.77. The molecule has 0 aliphatic carbocycles. The summed E-state index contributed by atoms with van der Waals surface area (Å²) in [7, 11) is 0. The number of carbonyl (C=O) groups is 1. The second-order valence-corrected chi connectivity index (χ2v) is 6.62. The summed E-state index contributed by atoms with van der Waals surface area (Å²) in [6, 6.07) is 8.45. The first kappa shape index (κ1) is 17.3. The van der Waals surface area contributed by atoms with Crippen molar-refractivity contribution in [1.29, 1.82) is 0 Å². The summed E-state index contributed by atoms with van der Waals surface area (Å²) in [5.41, 5.74) is 4.51. The van der Waals surface area contributed by atoms with Crippen LogP contribution in [0.25, 0.3) is 21.8 Å². The van der Waals surface area contributed by atoms with Gasteiger partial charge in [0, 0.05) is 29.6 Å². The van der Waals surface area contributed by atoms with E-state index < -0.39 is 5.97 Å². The Hall–Kier alpha value is -2.49. The minimum Gasteiger partial charge on any atom is -0.481 e. The van der Waals surface area contributed by atoms with Gasteiger partial charge in [-0.15, -0.1) is 0 Å². The lowest BCUT2D eigenvalue weighted by Crippen LogP contribution is -1.94. The molecule has 0 fully saturated rings. The van der Waals surface area contributed by atoms with Gasteiger partial charge in [0.1, 0.15) is 0 Å². The number of hydrogen-bond donors (Lipinski definition) is 1. The number of aliphatic carboxylic acids is 1. The van der Waals surface area contributed by atoms with Gasteiger partial charge in [-0.2, -0.15) is 0 Å². The van der Waals surface area contributed by atoms with Crippen LogP contribution in [0.1, 0.15) is 49.7 Å². The smallest absolute Gasteiger partial charge is 0.303 e. The van der Waals surface area contributed by atoms with E-state index in [2.05, 4.69) is 35.1 Å². The van der Waals surface area contributed by atoms with Gasteiger partial charge in [-0.3, -0.25) is 14.8 Å². The molecule has 0 spiro atoms. The first-order valence-electron chi connectivity index (χ1n) is 9.00. The lowest BCUT2D eigenvalue weighted by Gasteiger charge is -2.09. The van der Waals surface area contributed by atoms with Crippen LogP contribution in [-0.4, -0.2) is 21.0 Å². The number of fused-ring (bicyclic) bond motifs is 3. The second-order valence-electron chi connectivity index (χ2n) is 6.62. The van der Waals surface area contributed by atoms with E-state index in [1.807, 2.05) is 18.5 Å². The molecule has 0 saturated heterocycles. The maximum atomic E-state index is 10.5. The molecule has 3 rings (SSSR count). The lowest BCUT2D eigenvalue weighted by atomic mass is 9.99. The minimum atomic E-state index is -0.695. The number of hydrogen-bond acceptors (Lipinski definition) is 3. The molecule has 130 valence electrons. The van der Waals surface area contributed by atoms with Gasteiger partial charge in [0.25, 0.3) is 0 Å². The van der Waals surface area contributed by atoms with Crippen molar-refractivity contribution < 1.29 is 9.90 Å². The molecule has 0 unspecified atom stereocenters. The third kappa shape index (κ3) is 4.13. The van der Waals surface area contributed by atoms with Crippen LogP contribution in [-0.2, 0) is 11.2 Å². The number of nitrogens with zero attached hydrogens (tertiary/aromatic N) is 2. The van der Waals surface area contributed by atoms with Crippen LogP contribution in [0.3, 0.4) is 0 Å². The Labute approximate surface area is 147 Å². The zero-order valence-electron chi connectivity index (χ0n) is 14.7. The van der Waals surface area contributed by atoms with Crippen LogP contribution >= 0.6 is 0 Å². The van der Waals surface area contributed by atoms with Gasteiger partial charge in [0.15, 0.2) is 0 Å². The Kier molecular flexibility index (Phi) is 5.59. The Balaban J connectivity index is 1.67. The number of rotatable bonds is 8. The third-order valence-electron chi connectivity index (χ3n) is 4.77. The predicted octanol–water partition coefficient (Wildman–Crippen LogP) is 5.06. The van der Waals surface area contributed by atoms with Crippen LogP contribution in [0.2, 0.25) is 0 Å². The molecule has 1 aromatic carbocycles. The summed E-state index contributed by atoms with van der Waals surface area (Å²) in [6.07, 6.45) is 10.2. The monoisotopic (exact) mass is 336 g/mol. The van der Waals surface area contributed by atoms with Crippen LogP contribution in [0, 0.1) is 6.92 Å². The van der Waals surface area contributed by atoms with Crippen molar-refractivity contribution in [3.05, 3.63) is 47.8 Å². The molecule has 0 aliphatic rings. The fourth-order valence-corrected chi connectivity index (χ4v) is 3.36. The number of carboxylic acids is 1. The van der Waals surface area contributed by atoms with Gasteiger partial charge in [-0.05, 0) is 49.4 Å². The molecule has 0 atom stereocenters. The van der Waals surface area contributed by atoms with E-state index in [4.69, 9.17) is 5.11 Å². The molecule has 3 aromatic rings. The molecule has 1 N–H and O–H groups in total. The average molecular weight is 336 g/mol. The van der Waals surface area contributed by atoms with Crippen molar-refractivity contribution in [3.8, 4) is 0 Å². The number of aromatic nitrogens is 2. The Morgan fingerprint density at radius 1 is 0.880 bits per heavy atom. The fourth-order valence-electron chi connectivity index (χ4n) is 3.36. The highest BCUT2D eigenvalue weighted by Crippen LogP contribution is 2.27. The molecule has 2 aromatic heterocycles. The molecule has 4 heteroatoms. The van der Waals surface area contributed by atoms with E-state index in [1.54, 1.807) is 0 Å². The van der Waals surface area contributed by atoms with Gasteiger partial charge >= 0.3 is 5.97 Å². The van der Waals surface area contributed by atoms with Crippen molar-refractivity contribution in [2.75, 3.05) is 0 Å². The van der Waals surface area contributed by atoms with E-state index >= 15 is 0 Å². The molecule has 0 saturated carbocycles. The minimum absolute atomic E-state index is 0.286. The lowest BCUT2D eigenvalue weighted by molar-refractivity contribution is -0.137. The summed E-state index contributed by atoms with van der Waals surface area (Å²) < 4.78 is 0. The Morgan fingerprint density at radius 3 is 2.32 bits per heavy atom. The van der Waals surface area contributed by atoms with Gasteiger partial charge in [0.05, 0.1) is 11.0 Å². The summed E-state index contributed by atoms with van der Waals surface area (Å²) in [4.78, 5) is 19.6. The maximum Gasteiger partial charge on any atom is 0.303 e. The molecule has 0 radical (unpaired) electrons. The highest BCUT2D eigenvalue weighted by Gasteiger charge is 2.08. The number of benzene rings is 1. The zero-order chi connectivity index (χ0) is 17.6. The van der Waals surface area contributed by atoms with Crippen molar-refractivity contribution in [2.45, 2.75) is 51.9 Å². The standard InChI is InChI=1S/C21H24N2O2/c1-15-11-13-22-20-17(15)9-10-18-16(12-14-23-21(18)20)7-5-3-2-4-6-8-19(24)25/h9-14H,2-8H2,1H3,(H,24,25). The molecule has 2 heterocycles. The number of carboxylic acid groups (broad SMARTS) is 1. The molecule has 0 amide bonds. The van der Waals surface area contributed by atoms with Crippen molar-refractivity contribution in [2.24, 2.45) is 0 Å². The number of unbranched alkanes of at least 4 members (excludes halogenated alkanes) is 4. The SMILES string of the molecule is Cc1ccnc2c1ccc1c(CCCCCCCC(=O)O)ccnc12. The molecule has 4 nitrogen and oxygen atoms in total. The van der Waals surface area contributed by atoms with Gasteiger partial charge in [-0.25, -0.2) is 0 Å². The summed E-state index contributed by atoms with van der Waals surface area (Å²) in [5, 5.41) is 11.0. The highest BCUT2D eigenvalue weighted by atomic mass is 16.4. The van der Waals surface area contributed by atoms with E-state index in [1.165, 1.54) is 16.5 Å². The first-order chi connectivity index (χ1) is 12.2. The predicted molar refractivity (Wildman–Crippen MR) is 101 cm³/mol. The van der Waals surface area contributed by atoms with Crippen LogP contribution in [0.15, 0.2) is 36.7 Å².